The van der Waals surface area contributed by atoms with Gasteiger partial charge in [0.15, 0.2) is 0 Å². The maximum Gasteiger partial charge on any atom is 0.308 e. The largest absolute Gasteiger partial charge is 0.426 e. The number of allylic oxidation sites excluding steroid dienone is 2. The van der Waals surface area contributed by atoms with Crippen LogP contribution in [-0.4, -0.2) is 19.9 Å². The van der Waals surface area contributed by atoms with Gasteiger partial charge in [-0.1, -0.05) is 43.4 Å². The molecular formula is C20H21NO4S. The first kappa shape index (κ1) is 18.4. The minimum Gasteiger partial charge on any atom is -0.426 e. The third-order valence-corrected chi connectivity index (χ3v) is 6.04. The molecule has 2 aromatic carbocycles. The van der Waals surface area contributed by atoms with E-state index in [1.807, 2.05) is 31.2 Å². The molecule has 5 nitrogen and oxygen atoms in total. The summed E-state index contributed by atoms with van der Waals surface area (Å²) in [6.07, 6.45) is 8.89. The van der Waals surface area contributed by atoms with E-state index < -0.39 is 21.5 Å². The summed E-state index contributed by atoms with van der Waals surface area (Å²) >= 11 is 0. The van der Waals surface area contributed by atoms with Crippen LogP contribution in [0.4, 0.5) is 0 Å². The lowest BCUT2D eigenvalue weighted by molar-refractivity contribution is -0.131. The van der Waals surface area contributed by atoms with Crippen LogP contribution in [0, 0.1) is 0 Å². The molecule has 136 valence electrons. The van der Waals surface area contributed by atoms with Crippen LogP contribution in [0.2, 0.25) is 0 Å². The number of ether oxygens (including phenoxy) is 1. The highest BCUT2D eigenvalue weighted by Crippen LogP contribution is 2.29. The molecule has 3 rings (SSSR count). The Labute approximate surface area is 153 Å². The first-order chi connectivity index (χ1) is 12.4. The number of carbonyl (C=O) groups is 1. The molecule has 26 heavy (non-hydrogen) atoms. The molecule has 6 heteroatoms. The molecule has 0 bridgehead atoms. The van der Waals surface area contributed by atoms with Gasteiger partial charge in [0.25, 0.3) is 0 Å². The second-order valence-corrected chi connectivity index (χ2v) is 8.02. The van der Waals surface area contributed by atoms with Crippen LogP contribution in [0.3, 0.4) is 0 Å². The Morgan fingerprint density at radius 3 is 2.69 bits per heavy atom. The fourth-order valence-corrected chi connectivity index (χ4v) is 4.52. The number of hydrogen-bond acceptors (Lipinski definition) is 4. The topological polar surface area (TPSA) is 72.5 Å². The Morgan fingerprint density at radius 1 is 1.23 bits per heavy atom. The van der Waals surface area contributed by atoms with Crippen molar-refractivity contribution in [3.63, 3.8) is 0 Å². The molecule has 1 aliphatic rings. The molecular weight excluding hydrogens is 350 g/mol. The van der Waals surface area contributed by atoms with Gasteiger partial charge in [0.05, 0.1) is 10.4 Å². The van der Waals surface area contributed by atoms with Crippen LogP contribution < -0.4 is 9.46 Å². The normalized spacial score (nSPS) is 19.6. The highest BCUT2D eigenvalue weighted by Gasteiger charge is 2.31. The van der Waals surface area contributed by atoms with Crippen molar-refractivity contribution in [1.29, 1.82) is 0 Å². The Kier molecular flexibility index (Phi) is 4.98. The highest BCUT2D eigenvalue weighted by molar-refractivity contribution is 7.89. The third kappa shape index (κ3) is 3.71. The summed E-state index contributed by atoms with van der Waals surface area (Å²) in [5.74, 6) is -0.00446. The van der Waals surface area contributed by atoms with Crippen LogP contribution in [-0.2, 0) is 14.8 Å². The van der Waals surface area contributed by atoms with Gasteiger partial charge in [-0.2, -0.15) is 0 Å². The Morgan fingerprint density at radius 2 is 2.04 bits per heavy atom. The minimum absolute atomic E-state index is 0.181. The van der Waals surface area contributed by atoms with Gasteiger partial charge in [0.1, 0.15) is 5.75 Å². The molecule has 1 aliphatic carbocycles. The summed E-state index contributed by atoms with van der Waals surface area (Å²) in [6.45, 7) is 3.29. The zero-order valence-corrected chi connectivity index (χ0v) is 15.5. The number of carbonyl (C=O) groups excluding carboxylic acids is 1. The SMILES string of the molecule is CCC1(NS(=O)(=O)c2ccc3c(OC(C)=O)cccc3c2)C=CC=CC1. The highest BCUT2D eigenvalue weighted by atomic mass is 32.2. The fourth-order valence-electron chi connectivity index (χ4n) is 3.04. The van der Waals surface area contributed by atoms with Crippen molar-refractivity contribution in [1.82, 2.24) is 4.72 Å². The zero-order valence-electron chi connectivity index (χ0n) is 14.7. The van der Waals surface area contributed by atoms with Crippen molar-refractivity contribution in [2.24, 2.45) is 0 Å². The number of fused-ring (bicyclic) bond motifs is 1. The summed E-state index contributed by atoms with van der Waals surface area (Å²) in [5, 5.41) is 1.38. The fraction of sp³-hybridized carbons (Fsp3) is 0.250. The molecule has 0 saturated carbocycles. The zero-order chi connectivity index (χ0) is 18.8. The maximum absolute atomic E-state index is 12.9. The van der Waals surface area contributed by atoms with E-state index >= 15 is 0 Å². The van der Waals surface area contributed by atoms with Crippen molar-refractivity contribution in [2.75, 3.05) is 0 Å². The molecule has 0 aliphatic heterocycles. The van der Waals surface area contributed by atoms with Crippen LogP contribution >= 0.6 is 0 Å². The number of rotatable bonds is 5. The van der Waals surface area contributed by atoms with Gasteiger partial charge < -0.3 is 4.74 Å². The van der Waals surface area contributed by atoms with E-state index in [-0.39, 0.29) is 4.90 Å². The van der Waals surface area contributed by atoms with Gasteiger partial charge in [0.2, 0.25) is 10.0 Å². The van der Waals surface area contributed by atoms with Crippen molar-refractivity contribution in [3.05, 3.63) is 60.7 Å². The average molecular weight is 371 g/mol. The van der Waals surface area contributed by atoms with Crippen molar-refractivity contribution < 1.29 is 17.9 Å². The molecule has 1 atom stereocenters. The van der Waals surface area contributed by atoms with E-state index in [4.69, 9.17) is 4.74 Å². The molecule has 0 heterocycles. The Bertz CT molecular complexity index is 1010. The van der Waals surface area contributed by atoms with Gasteiger partial charge in [0, 0.05) is 12.3 Å². The predicted molar refractivity (Wildman–Crippen MR) is 101 cm³/mol. The quantitative estimate of drug-likeness (QED) is 0.642. The van der Waals surface area contributed by atoms with E-state index in [9.17, 15) is 13.2 Å². The van der Waals surface area contributed by atoms with E-state index in [1.54, 1.807) is 30.3 Å². The van der Waals surface area contributed by atoms with Crippen LogP contribution in [0.1, 0.15) is 26.7 Å². The molecule has 0 amide bonds. The molecule has 1 N–H and O–H groups in total. The second kappa shape index (κ2) is 7.05. The standard InChI is InChI=1S/C20H21NO4S/c1-3-20(12-5-4-6-13-20)21-26(23,24)17-10-11-18-16(14-17)8-7-9-19(18)25-15(2)22/h4-12,14,21H,3,13H2,1-2H3. The summed E-state index contributed by atoms with van der Waals surface area (Å²) in [5.41, 5.74) is -0.609. The van der Waals surface area contributed by atoms with Gasteiger partial charge in [-0.3, -0.25) is 4.79 Å². The number of esters is 1. The first-order valence-corrected chi connectivity index (χ1v) is 9.93. The minimum atomic E-state index is -3.70. The smallest absolute Gasteiger partial charge is 0.308 e. The van der Waals surface area contributed by atoms with Crippen molar-refractivity contribution >= 4 is 26.8 Å². The number of nitrogens with one attached hydrogen (secondary N) is 1. The van der Waals surface area contributed by atoms with Gasteiger partial charge in [-0.05, 0) is 42.5 Å². The Balaban J connectivity index is 1.98. The van der Waals surface area contributed by atoms with Crippen LogP contribution in [0.15, 0.2) is 65.6 Å². The summed E-state index contributed by atoms with van der Waals surface area (Å²) < 4.78 is 33.9. The lowest BCUT2D eigenvalue weighted by atomic mass is 9.90. The molecule has 2 aromatic rings. The lowest BCUT2D eigenvalue weighted by Crippen LogP contribution is -2.46. The van der Waals surface area contributed by atoms with E-state index in [1.165, 1.54) is 13.0 Å². The van der Waals surface area contributed by atoms with Crippen molar-refractivity contribution in [2.45, 2.75) is 37.1 Å². The third-order valence-electron chi connectivity index (χ3n) is 4.49. The molecule has 0 fully saturated rings. The maximum atomic E-state index is 12.9. The van der Waals surface area contributed by atoms with Gasteiger partial charge >= 0.3 is 5.97 Å². The lowest BCUT2D eigenvalue weighted by Gasteiger charge is -2.31. The number of sulfonamides is 1. The van der Waals surface area contributed by atoms with Gasteiger partial charge in [-0.15, -0.1) is 0 Å². The number of hydrogen-bond donors (Lipinski definition) is 1. The molecule has 0 aromatic heterocycles. The van der Waals surface area contributed by atoms with Crippen LogP contribution in [0.5, 0.6) is 5.75 Å². The Hall–Kier alpha value is -2.44. The first-order valence-electron chi connectivity index (χ1n) is 8.45. The molecule has 0 saturated heterocycles. The summed E-state index contributed by atoms with van der Waals surface area (Å²) in [6, 6.07) is 9.99. The second-order valence-electron chi connectivity index (χ2n) is 6.34. The van der Waals surface area contributed by atoms with E-state index in [0.717, 1.165) is 0 Å². The van der Waals surface area contributed by atoms with E-state index in [2.05, 4.69) is 4.72 Å². The van der Waals surface area contributed by atoms with Gasteiger partial charge in [-0.25, -0.2) is 13.1 Å². The van der Waals surface area contributed by atoms with Crippen LogP contribution in [0.25, 0.3) is 10.8 Å². The van der Waals surface area contributed by atoms with Crippen molar-refractivity contribution in [3.8, 4) is 5.75 Å². The van der Waals surface area contributed by atoms with E-state index in [0.29, 0.717) is 29.4 Å². The summed E-state index contributed by atoms with van der Waals surface area (Å²) in [4.78, 5) is 11.4. The molecule has 0 spiro atoms. The summed E-state index contributed by atoms with van der Waals surface area (Å²) in [7, 11) is -3.70. The monoisotopic (exact) mass is 371 g/mol. The molecule has 1 unspecified atom stereocenters. The molecule has 0 radical (unpaired) electrons. The average Bonchev–Trinajstić information content (AvgIpc) is 2.61. The predicted octanol–water partition coefficient (Wildman–Crippen LogP) is 3.71. The number of benzene rings is 2.